The SMILES string of the molecule is Cc1ccc(C(C)C)c(N2CC=CSC2=NC(=O)NC2Cc3ccc(-c4ncn(-c5ccc(OC(F)(F)F)cc5)n4)cc3C2)c1. The Labute approximate surface area is 263 Å². The lowest BCUT2D eigenvalue weighted by Gasteiger charge is -2.29. The number of carbonyl (C=O) groups excluding carboxylic acids is 1. The number of anilines is 1. The fourth-order valence-electron chi connectivity index (χ4n) is 5.54. The lowest BCUT2D eigenvalue weighted by Crippen LogP contribution is -2.37. The number of fused-ring (bicyclic) bond motifs is 1. The van der Waals surface area contributed by atoms with Crippen LogP contribution < -0.4 is 15.0 Å². The van der Waals surface area contributed by atoms with Gasteiger partial charge in [-0.3, -0.25) is 0 Å². The number of amidine groups is 1. The number of hydrogen-bond donors (Lipinski definition) is 1. The third kappa shape index (κ3) is 7.06. The van der Waals surface area contributed by atoms with E-state index in [1.54, 1.807) is 0 Å². The molecule has 0 spiro atoms. The maximum Gasteiger partial charge on any atom is 0.573 e. The number of hydrogen-bond acceptors (Lipinski definition) is 5. The lowest BCUT2D eigenvalue weighted by atomic mass is 9.99. The van der Waals surface area contributed by atoms with Crippen molar-refractivity contribution in [2.75, 3.05) is 11.4 Å². The zero-order valence-corrected chi connectivity index (χ0v) is 25.7. The highest BCUT2D eigenvalue weighted by molar-refractivity contribution is 8.16. The van der Waals surface area contributed by atoms with Gasteiger partial charge in [-0.25, -0.2) is 14.5 Å². The highest BCUT2D eigenvalue weighted by Crippen LogP contribution is 2.33. The van der Waals surface area contributed by atoms with Gasteiger partial charge < -0.3 is 15.0 Å². The number of halogens is 3. The number of thioether (sulfide) groups is 1. The first-order chi connectivity index (χ1) is 21.5. The van der Waals surface area contributed by atoms with Crippen molar-refractivity contribution in [1.29, 1.82) is 0 Å². The maximum atomic E-state index is 13.1. The Hall–Kier alpha value is -4.58. The number of carbonyl (C=O) groups is 1. The van der Waals surface area contributed by atoms with Gasteiger partial charge in [-0.15, -0.1) is 18.3 Å². The average Bonchev–Trinajstić information content (AvgIpc) is 3.63. The van der Waals surface area contributed by atoms with Gasteiger partial charge in [-0.2, -0.15) is 4.99 Å². The van der Waals surface area contributed by atoms with E-state index >= 15 is 0 Å². The molecule has 1 atom stereocenters. The van der Waals surface area contributed by atoms with E-state index in [2.05, 4.69) is 75.1 Å². The Bertz CT molecular complexity index is 1780. The summed E-state index contributed by atoms with van der Waals surface area (Å²) < 4.78 is 42.8. The molecule has 0 radical (unpaired) electrons. The molecule has 1 aliphatic heterocycles. The third-order valence-corrected chi connectivity index (χ3v) is 8.49. The molecule has 0 saturated heterocycles. The van der Waals surface area contributed by atoms with Crippen LogP contribution in [0.3, 0.4) is 0 Å². The molecule has 1 unspecified atom stereocenters. The van der Waals surface area contributed by atoms with Crippen molar-refractivity contribution in [1.82, 2.24) is 20.1 Å². The number of ether oxygens (including phenoxy) is 1. The highest BCUT2D eigenvalue weighted by Gasteiger charge is 2.31. The fraction of sp³-hybridized carbons (Fsp3) is 0.273. The molecule has 3 aromatic carbocycles. The number of amides is 2. The zero-order valence-electron chi connectivity index (χ0n) is 24.9. The van der Waals surface area contributed by atoms with E-state index in [0.717, 1.165) is 27.9 Å². The third-order valence-electron chi connectivity index (χ3n) is 7.64. The van der Waals surface area contributed by atoms with Gasteiger partial charge >= 0.3 is 12.4 Å². The first-order valence-corrected chi connectivity index (χ1v) is 15.4. The largest absolute Gasteiger partial charge is 0.573 e. The van der Waals surface area contributed by atoms with Crippen molar-refractivity contribution >= 4 is 28.6 Å². The second-order valence-electron chi connectivity index (χ2n) is 11.3. The molecule has 6 rings (SSSR count). The van der Waals surface area contributed by atoms with Gasteiger partial charge in [0.05, 0.1) is 5.69 Å². The van der Waals surface area contributed by atoms with E-state index in [1.165, 1.54) is 52.6 Å². The Morgan fingerprint density at radius 1 is 1.07 bits per heavy atom. The maximum absolute atomic E-state index is 13.1. The molecule has 4 aromatic rings. The smallest absolute Gasteiger partial charge is 0.406 e. The lowest BCUT2D eigenvalue weighted by molar-refractivity contribution is -0.274. The topological polar surface area (TPSA) is 84.6 Å². The fourth-order valence-corrected chi connectivity index (χ4v) is 6.28. The molecule has 0 bridgehead atoms. The van der Waals surface area contributed by atoms with E-state index in [1.807, 2.05) is 23.6 Å². The Balaban J connectivity index is 1.12. The van der Waals surface area contributed by atoms with Gasteiger partial charge in [0.1, 0.15) is 12.1 Å². The number of nitrogens with one attached hydrogen (secondary N) is 1. The van der Waals surface area contributed by atoms with Gasteiger partial charge in [0, 0.05) is 23.8 Å². The minimum atomic E-state index is -4.75. The summed E-state index contributed by atoms with van der Waals surface area (Å²) in [5.41, 5.74) is 7.00. The number of aromatic nitrogens is 3. The van der Waals surface area contributed by atoms with Crippen LogP contribution >= 0.6 is 11.8 Å². The summed E-state index contributed by atoms with van der Waals surface area (Å²) >= 11 is 1.44. The number of aliphatic imine (C=N–C) groups is 1. The molecule has 232 valence electrons. The first-order valence-electron chi connectivity index (χ1n) is 14.5. The Morgan fingerprint density at radius 3 is 2.60 bits per heavy atom. The van der Waals surface area contributed by atoms with Crippen LogP contribution in [-0.2, 0) is 12.8 Å². The summed E-state index contributed by atoms with van der Waals surface area (Å²) in [4.78, 5) is 24.1. The molecule has 2 amide bonds. The molecule has 2 heterocycles. The molecule has 1 N–H and O–H groups in total. The van der Waals surface area contributed by atoms with Crippen LogP contribution in [0, 0.1) is 6.92 Å². The molecule has 8 nitrogen and oxygen atoms in total. The van der Waals surface area contributed by atoms with Crippen LogP contribution in [0.15, 0.2) is 83.5 Å². The summed E-state index contributed by atoms with van der Waals surface area (Å²) in [5.74, 6) is 0.494. The van der Waals surface area contributed by atoms with Crippen molar-refractivity contribution in [2.45, 2.75) is 51.9 Å². The number of benzene rings is 3. The van der Waals surface area contributed by atoms with Crippen molar-refractivity contribution in [3.8, 4) is 22.8 Å². The van der Waals surface area contributed by atoms with Crippen molar-refractivity contribution < 1.29 is 22.7 Å². The molecule has 2 aliphatic rings. The highest BCUT2D eigenvalue weighted by atomic mass is 32.2. The molecular formula is C33H31F3N6O2S. The van der Waals surface area contributed by atoms with E-state index in [0.29, 0.717) is 42.0 Å². The quantitative estimate of drug-likeness (QED) is 0.236. The minimum absolute atomic E-state index is 0.0992. The summed E-state index contributed by atoms with van der Waals surface area (Å²) in [5, 5.41) is 10.2. The van der Waals surface area contributed by atoms with Gasteiger partial charge in [0.2, 0.25) is 0 Å². The number of nitrogens with zero attached hydrogens (tertiary/aromatic N) is 5. The number of rotatable bonds is 6. The number of alkyl halides is 3. The molecular weight excluding hydrogens is 601 g/mol. The molecule has 45 heavy (non-hydrogen) atoms. The van der Waals surface area contributed by atoms with Gasteiger partial charge in [0.25, 0.3) is 0 Å². The summed E-state index contributed by atoms with van der Waals surface area (Å²) in [6.07, 6.45) is 0.158. The van der Waals surface area contributed by atoms with Crippen LogP contribution in [0.25, 0.3) is 17.1 Å². The van der Waals surface area contributed by atoms with Crippen molar-refractivity contribution in [2.24, 2.45) is 4.99 Å². The molecule has 12 heteroatoms. The van der Waals surface area contributed by atoms with E-state index in [9.17, 15) is 18.0 Å². The van der Waals surface area contributed by atoms with Crippen LogP contribution in [0.1, 0.15) is 42.0 Å². The molecule has 0 saturated carbocycles. The average molecular weight is 633 g/mol. The molecule has 1 aromatic heterocycles. The Morgan fingerprint density at radius 2 is 1.84 bits per heavy atom. The summed E-state index contributed by atoms with van der Waals surface area (Å²) in [6.45, 7) is 7.03. The van der Waals surface area contributed by atoms with E-state index in [4.69, 9.17) is 0 Å². The molecule has 1 aliphatic carbocycles. The standard InChI is InChI=1S/C33H31F3N6O2S/c1-20(2)28-12-5-21(3)15-29(28)41-13-4-14-45-32(41)39-31(43)38-25-17-22-6-7-23(16-24(22)18-25)30-37-19-42(40-30)26-8-10-27(11-9-26)44-33(34,35)36/h4-12,14-16,19-20,25H,13,17-18H2,1-3H3,(H,38,43). The van der Waals surface area contributed by atoms with Gasteiger partial charge in [0.15, 0.2) is 11.0 Å². The van der Waals surface area contributed by atoms with Crippen LogP contribution in [0.2, 0.25) is 0 Å². The second-order valence-corrected chi connectivity index (χ2v) is 12.2. The first kappa shape index (κ1) is 30.4. The number of urea groups is 1. The predicted octanol–water partition coefficient (Wildman–Crippen LogP) is 7.56. The minimum Gasteiger partial charge on any atom is -0.406 e. The Kier molecular flexibility index (Phi) is 8.41. The normalized spacial score (nSPS) is 17.2. The number of aryl methyl sites for hydroxylation is 1. The summed E-state index contributed by atoms with van der Waals surface area (Å²) in [6, 6.07) is 17.3. The second kappa shape index (κ2) is 12.4. The van der Waals surface area contributed by atoms with Crippen LogP contribution in [0.4, 0.5) is 23.7 Å². The van der Waals surface area contributed by atoms with Crippen LogP contribution in [-0.4, -0.2) is 44.9 Å². The van der Waals surface area contributed by atoms with Crippen molar-refractivity contribution in [3.63, 3.8) is 0 Å². The van der Waals surface area contributed by atoms with Gasteiger partial charge in [-0.05, 0) is 89.7 Å². The van der Waals surface area contributed by atoms with E-state index in [-0.39, 0.29) is 17.8 Å². The van der Waals surface area contributed by atoms with Crippen molar-refractivity contribution in [3.05, 3.63) is 101 Å². The van der Waals surface area contributed by atoms with E-state index < -0.39 is 6.36 Å². The predicted molar refractivity (Wildman–Crippen MR) is 170 cm³/mol. The van der Waals surface area contributed by atoms with Gasteiger partial charge in [-0.1, -0.05) is 56.0 Å². The summed E-state index contributed by atoms with van der Waals surface area (Å²) in [7, 11) is 0. The zero-order chi connectivity index (χ0) is 31.7. The monoisotopic (exact) mass is 632 g/mol. The molecule has 0 fully saturated rings. The van der Waals surface area contributed by atoms with Crippen LogP contribution in [0.5, 0.6) is 5.75 Å².